The number of amides is 3. The van der Waals surface area contributed by atoms with Crippen molar-refractivity contribution in [2.45, 2.75) is 51.5 Å². The molecule has 0 radical (unpaired) electrons. The average Bonchev–Trinajstić information content (AvgIpc) is 2.75. The fraction of sp³-hybridized carbons (Fsp3) is 0.636. The fourth-order valence-electron chi connectivity index (χ4n) is 4.09. The van der Waals surface area contributed by atoms with Crippen molar-refractivity contribution in [3.05, 3.63) is 24.3 Å². The smallest absolute Gasteiger partial charge is 0.317 e. The summed E-state index contributed by atoms with van der Waals surface area (Å²) in [5, 5.41) is 5.98. The number of nitrogens with one attached hydrogen (secondary N) is 2. The molecule has 1 aliphatic carbocycles. The number of hydrogen-bond donors (Lipinski definition) is 2. The van der Waals surface area contributed by atoms with E-state index in [0.717, 1.165) is 37.4 Å². The highest BCUT2D eigenvalue weighted by Gasteiger charge is 2.23. The van der Waals surface area contributed by atoms with Crippen LogP contribution in [-0.4, -0.2) is 62.2 Å². The Bertz CT molecular complexity index is 668. The van der Waals surface area contributed by atoms with Crippen molar-refractivity contribution < 1.29 is 14.3 Å². The van der Waals surface area contributed by atoms with Crippen molar-refractivity contribution in [2.24, 2.45) is 0 Å². The molecule has 7 nitrogen and oxygen atoms in total. The Balaban J connectivity index is 1.37. The molecule has 29 heavy (non-hydrogen) atoms. The molecule has 0 aromatic heterocycles. The Labute approximate surface area is 173 Å². The van der Waals surface area contributed by atoms with Crippen molar-refractivity contribution >= 4 is 17.6 Å². The summed E-state index contributed by atoms with van der Waals surface area (Å²) in [5.74, 6) is 0.923. The topological polar surface area (TPSA) is 73.9 Å². The molecule has 0 unspecified atom stereocenters. The zero-order chi connectivity index (χ0) is 20.5. The second-order valence-corrected chi connectivity index (χ2v) is 7.76. The van der Waals surface area contributed by atoms with Crippen LogP contribution in [0.15, 0.2) is 24.3 Å². The molecule has 2 aliphatic rings. The predicted octanol–water partition coefficient (Wildman–Crippen LogP) is 2.76. The molecule has 0 bridgehead atoms. The summed E-state index contributed by atoms with van der Waals surface area (Å²) in [5.41, 5.74) is 1.08. The minimum atomic E-state index is -0.0896. The predicted molar refractivity (Wildman–Crippen MR) is 114 cm³/mol. The Kier molecular flexibility index (Phi) is 8.02. The van der Waals surface area contributed by atoms with Crippen LogP contribution in [0.5, 0.6) is 5.75 Å². The van der Waals surface area contributed by atoms with Gasteiger partial charge in [-0.2, -0.15) is 0 Å². The van der Waals surface area contributed by atoms with Gasteiger partial charge in [0, 0.05) is 45.2 Å². The minimum Gasteiger partial charge on any atom is -0.492 e. The van der Waals surface area contributed by atoms with Gasteiger partial charge in [-0.05, 0) is 31.9 Å². The summed E-state index contributed by atoms with van der Waals surface area (Å²) in [6.45, 7) is 5.83. The molecule has 3 amide bonds. The van der Waals surface area contributed by atoms with Gasteiger partial charge in [0.05, 0.1) is 12.3 Å². The van der Waals surface area contributed by atoms with E-state index < -0.39 is 0 Å². The van der Waals surface area contributed by atoms with Crippen LogP contribution in [0.1, 0.15) is 45.4 Å². The average molecular weight is 403 g/mol. The van der Waals surface area contributed by atoms with E-state index in [1.165, 1.54) is 19.3 Å². The van der Waals surface area contributed by atoms with Crippen LogP contribution in [0.25, 0.3) is 0 Å². The Hall–Kier alpha value is -2.44. The summed E-state index contributed by atoms with van der Waals surface area (Å²) in [4.78, 5) is 28.6. The zero-order valence-corrected chi connectivity index (χ0v) is 17.5. The van der Waals surface area contributed by atoms with E-state index >= 15 is 0 Å². The number of carbonyl (C=O) groups is 2. The monoisotopic (exact) mass is 402 g/mol. The van der Waals surface area contributed by atoms with Crippen LogP contribution >= 0.6 is 0 Å². The SMILES string of the molecule is CCOc1ccccc1N1CCN(C(=O)NCCC(=O)NC2CCCCC2)CC1. The van der Waals surface area contributed by atoms with Crippen LogP contribution in [0.4, 0.5) is 10.5 Å². The maximum absolute atomic E-state index is 12.4. The lowest BCUT2D eigenvalue weighted by Gasteiger charge is -2.36. The summed E-state index contributed by atoms with van der Waals surface area (Å²) in [6.07, 6.45) is 6.16. The van der Waals surface area contributed by atoms with E-state index in [2.05, 4.69) is 21.6 Å². The van der Waals surface area contributed by atoms with Gasteiger partial charge in [-0.3, -0.25) is 4.79 Å². The van der Waals surface area contributed by atoms with Crippen LogP contribution in [0.3, 0.4) is 0 Å². The number of urea groups is 1. The van der Waals surface area contributed by atoms with E-state index in [0.29, 0.717) is 38.7 Å². The number of hydrogen-bond acceptors (Lipinski definition) is 4. The van der Waals surface area contributed by atoms with Crippen LogP contribution < -0.4 is 20.3 Å². The van der Waals surface area contributed by atoms with E-state index in [1.54, 1.807) is 0 Å². The number of ether oxygens (including phenoxy) is 1. The van der Waals surface area contributed by atoms with Gasteiger partial charge in [-0.1, -0.05) is 31.4 Å². The summed E-state index contributed by atoms with van der Waals surface area (Å²) in [6, 6.07) is 8.26. The molecule has 0 atom stereocenters. The van der Waals surface area contributed by atoms with Gasteiger partial charge in [0.2, 0.25) is 5.91 Å². The number of benzene rings is 1. The van der Waals surface area contributed by atoms with Gasteiger partial charge in [0.25, 0.3) is 0 Å². The molecule has 160 valence electrons. The highest BCUT2D eigenvalue weighted by atomic mass is 16.5. The first kappa shape index (κ1) is 21.3. The third-order valence-corrected chi connectivity index (χ3v) is 5.67. The van der Waals surface area contributed by atoms with Crippen molar-refractivity contribution in [3.8, 4) is 5.75 Å². The van der Waals surface area contributed by atoms with Gasteiger partial charge in [0.15, 0.2) is 0 Å². The summed E-state index contributed by atoms with van der Waals surface area (Å²) >= 11 is 0. The Morgan fingerprint density at radius 2 is 1.79 bits per heavy atom. The van der Waals surface area contributed by atoms with Gasteiger partial charge < -0.3 is 25.2 Å². The number of nitrogens with zero attached hydrogens (tertiary/aromatic N) is 2. The van der Waals surface area contributed by atoms with Crippen molar-refractivity contribution in [2.75, 3.05) is 44.2 Å². The third kappa shape index (κ3) is 6.27. The third-order valence-electron chi connectivity index (χ3n) is 5.67. The van der Waals surface area contributed by atoms with Crippen LogP contribution in [0.2, 0.25) is 0 Å². The Morgan fingerprint density at radius 3 is 2.52 bits per heavy atom. The molecule has 1 aromatic rings. The molecule has 7 heteroatoms. The second kappa shape index (κ2) is 10.9. The maximum atomic E-state index is 12.4. The Morgan fingerprint density at radius 1 is 1.07 bits per heavy atom. The zero-order valence-electron chi connectivity index (χ0n) is 17.5. The van der Waals surface area contributed by atoms with Crippen LogP contribution in [0, 0.1) is 0 Å². The molecule has 2 N–H and O–H groups in total. The molecule has 1 aliphatic heterocycles. The van der Waals surface area contributed by atoms with Gasteiger partial charge in [0.1, 0.15) is 5.75 Å². The van der Waals surface area contributed by atoms with E-state index in [-0.39, 0.29) is 11.9 Å². The lowest BCUT2D eigenvalue weighted by atomic mass is 9.95. The van der Waals surface area contributed by atoms with E-state index in [1.807, 2.05) is 30.0 Å². The molecule has 0 spiro atoms. The molecule has 2 fully saturated rings. The highest BCUT2D eigenvalue weighted by molar-refractivity contribution is 5.78. The van der Waals surface area contributed by atoms with E-state index in [4.69, 9.17) is 4.74 Å². The molecule has 1 aromatic carbocycles. The number of para-hydroxylation sites is 2. The van der Waals surface area contributed by atoms with Crippen molar-refractivity contribution in [1.29, 1.82) is 0 Å². The summed E-state index contributed by atoms with van der Waals surface area (Å²) < 4.78 is 5.72. The molecule has 1 saturated heterocycles. The molecule has 3 rings (SSSR count). The quantitative estimate of drug-likeness (QED) is 0.736. The maximum Gasteiger partial charge on any atom is 0.317 e. The normalized spacial score (nSPS) is 17.7. The number of piperazine rings is 1. The number of rotatable bonds is 7. The standard InChI is InChI=1S/C22H34N4O3/c1-2-29-20-11-7-6-10-19(20)25-14-16-26(17-15-25)22(28)23-13-12-21(27)24-18-8-4-3-5-9-18/h6-7,10-11,18H,2-5,8-9,12-17H2,1H3,(H,23,28)(H,24,27). The lowest BCUT2D eigenvalue weighted by molar-refractivity contribution is -0.121. The number of carbonyl (C=O) groups excluding carboxylic acids is 2. The van der Waals surface area contributed by atoms with Crippen molar-refractivity contribution in [1.82, 2.24) is 15.5 Å². The fourth-order valence-corrected chi connectivity index (χ4v) is 4.09. The van der Waals surface area contributed by atoms with Gasteiger partial charge in [-0.15, -0.1) is 0 Å². The second-order valence-electron chi connectivity index (χ2n) is 7.76. The first-order valence-electron chi connectivity index (χ1n) is 11.0. The molecule has 1 heterocycles. The van der Waals surface area contributed by atoms with Gasteiger partial charge >= 0.3 is 6.03 Å². The van der Waals surface area contributed by atoms with Crippen molar-refractivity contribution in [3.63, 3.8) is 0 Å². The first-order valence-corrected chi connectivity index (χ1v) is 11.0. The number of anilines is 1. The van der Waals surface area contributed by atoms with Gasteiger partial charge in [-0.25, -0.2) is 4.79 Å². The molecular weight excluding hydrogens is 368 g/mol. The summed E-state index contributed by atoms with van der Waals surface area (Å²) in [7, 11) is 0. The minimum absolute atomic E-state index is 0.0366. The highest BCUT2D eigenvalue weighted by Crippen LogP contribution is 2.28. The molecule has 1 saturated carbocycles. The lowest BCUT2D eigenvalue weighted by Crippen LogP contribution is -2.52. The van der Waals surface area contributed by atoms with E-state index in [9.17, 15) is 9.59 Å². The largest absolute Gasteiger partial charge is 0.492 e. The molecular formula is C22H34N4O3. The van der Waals surface area contributed by atoms with Crippen LogP contribution in [-0.2, 0) is 4.79 Å². The first-order chi connectivity index (χ1) is 14.2.